The fraction of sp³-hybridized carbons (Fsp3) is 0.286. The van der Waals surface area contributed by atoms with E-state index in [1.807, 2.05) is 0 Å². The second kappa shape index (κ2) is 5.15. The number of aliphatic hydroxyl groups is 2. The summed E-state index contributed by atoms with van der Waals surface area (Å²) in [7, 11) is 0. The molecule has 0 saturated heterocycles. The van der Waals surface area contributed by atoms with Crippen LogP contribution in [0.3, 0.4) is 0 Å². The number of alkyl halides is 6. The van der Waals surface area contributed by atoms with Crippen LogP contribution in [0.5, 0.6) is 0 Å². The van der Waals surface area contributed by atoms with Crippen molar-refractivity contribution in [3.8, 4) is 0 Å². The monoisotopic (exact) mass is 354 g/mol. The Kier molecular flexibility index (Phi) is 3.89. The molecule has 1 aliphatic carbocycles. The normalized spacial score (nSPS) is 20.8. The van der Waals surface area contributed by atoms with E-state index in [9.17, 15) is 36.6 Å². The number of rotatable bonds is 1. The van der Waals surface area contributed by atoms with Gasteiger partial charge in [0, 0.05) is 5.57 Å². The zero-order valence-corrected chi connectivity index (χ0v) is 11.8. The molecule has 0 spiro atoms. The van der Waals surface area contributed by atoms with Crippen LogP contribution in [0, 0.1) is 5.41 Å². The number of nitrogens with two attached hydrogens (primary N) is 2. The van der Waals surface area contributed by atoms with Gasteiger partial charge in [0.15, 0.2) is 0 Å². The quantitative estimate of drug-likeness (QED) is 0.459. The van der Waals surface area contributed by atoms with Crippen molar-refractivity contribution < 1.29 is 36.6 Å². The highest BCUT2D eigenvalue weighted by Crippen LogP contribution is 2.61. The molecule has 2 rings (SSSR count). The first-order valence-electron chi connectivity index (χ1n) is 6.40. The van der Waals surface area contributed by atoms with E-state index in [1.54, 1.807) is 0 Å². The topological polar surface area (TPSA) is 92.5 Å². The molecule has 0 aromatic heterocycles. The lowest BCUT2D eigenvalue weighted by atomic mass is 9.69. The van der Waals surface area contributed by atoms with Gasteiger partial charge in [-0.2, -0.15) is 26.3 Å². The maximum atomic E-state index is 13.6. The molecule has 4 nitrogen and oxygen atoms in total. The van der Waals surface area contributed by atoms with Crippen LogP contribution < -0.4 is 11.5 Å². The molecule has 1 aromatic rings. The number of hydrogen-bond donors (Lipinski definition) is 4. The summed E-state index contributed by atoms with van der Waals surface area (Å²) in [6.45, 7) is 0. The third kappa shape index (κ3) is 2.33. The summed E-state index contributed by atoms with van der Waals surface area (Å²) in [6, 6.07) is 5.62. The number of halogens is 6. The molecule has 6 N–H and O–H groups in total. The van der Waals surface area contributed by atoms with E-state index in [2.05, 4.69) is 0 Å². The first-order chi connectivity index (χ1) is 10.8. The van der Waals surface area contributed by atoms with E-state index in [0.717, 1.165) is 12.1 Å². The van der Waals surface area contributed by atoms with Crippen molar-refractivity contribution in [2.24, 2.45) is 16.9 Å². The largest absolute Gasteiger partial charge is 0.410 e. The van der Waals surface area contributed by atoms with Gasteiger partial charge in [0.05, 0.1) is 11.4 Å². The predicted octanol–water partition coefficient (Wildman–Crippen LogP) is 2.00. The van der Waals surface area contributed by atoms with Crippen molar-refractivity contribution in [2.75, 3.05) is 0 Å². The zero-order valence-electron chi connectivity index (χ0n) is 11.8. The molecule has 0 amide bonds. The Morgan fingerprint density at radius 1 is 0.833 bits per heavy atom. The van der Waals surface area contributed by atoms with Crippen LogP contribution in [-0.4, -0.2) is 28.4 Å². The molecule has 1 aromatic carbocycles. The lowest BCUT2D eigenvalue weighted by Crippen LogP contribution is -2.56. The van der Waals surface area contributed by atoms with E-state index >= 15 is 0 Å². The van der Waals surface area contributed by atoms with Gasteiger partial charge in [-0.15, -0.1) is 0 Å². The number of benzene rings is 1. The van der Waals surface area contributed by atoms with Crippen molar-refractivity contribution in [3.05, 3.63) is 53.4 Å². The summed E-state index contributed by atoms with van der Waals surface area (Å²) >= 11 is 0. The predicted molar refractivity (Wildman–Crippen MR) is 71.5 cm³/mol. The van der Waals surface area contributed by atoms with Crippen LogP contribution in [0.2, 0.25) is 0 Å². The van der Waals surface area contributed by atoms with Gasteiger partial charge < -0.3 is 21.7 Å². The standard InChI is InChI=1S/C14H12F6N2O2/c15-13(16,17)11(14(18,19)20)6-8(21)12(23,24)10(22)9(11)7-4-2-1-3-5-7/h1-6,23-24H,21-22H2. The Balaban J connectivity index is 2.98. The smallest absolute Gasteiger partial charge is 0.398 e. The molecule has 24 heavy (non-hydrogen) atoms. The number of hydrogen-bond acceptors (Lipinski definition) is 4. The van der Waals surface area contributed by atoms with Gasteiger partial charge in [0.2, 0.25) is 11.2 Å². The van der Waals surface area contributed by atoms with Crippen LogP contribution in [0.4, 0.5) is 26.3 Å². The second-order valence-corrected chi connectivity index (χ2v) is 5.23. The van der Waals surface area contributed by atoms with E-state index in [-0.39, 0.29) is 0 Å². The average molecular weight is 354 g/mol. The highest BCUT2D eigenvalue weighted by molar-refractivity contribution is 5.79. The van der Waals surface area contributed by atoms with Crippen molar-refractivity contribution in [2.45, 2.75) is 18.1 Å². The molecule has 0 heterocycles. The van der Waals surface area contributed by atoms with Crippen molar-refractivity contribution >= 4 is 5.57 Å². The van der Waals surface area contributed by atoms with Crippen molar-refractivity contribution in [1.29, 1.82) is 0 Å². The van der Waals surface area contributed by atoms with E-state index in [0.29, 0.717) is 0 Å². The second-order valence-electron chi connectivity index (χ2n) is 5.23. The maximum absolute atomic E-state index is 13.6. The summed E-state index contributed by atoms with van der Waals surface area (Å²) in [5.41, 5.74) is 0.788. The molecule has 0 unspecified atom stereocenters. The minimum absolute atomic E-state index is 0.453. The van der Waals surface area contributed by atoms with E-state index < -0.39 is 52.2 Å². The first-order valence-corrected chi connectivity index (χ1v) is 6.40. The Morgan fingerprint density at radius 3 is 1.71 bits per heavy atom. The highest BCUT2D eigenvalue weighted by Gasteiger charge is 2.74. The van der Waals surface area contributed by atoms with Crippen LogP contribution in [0.25, 0.3) is 5.57 Å². The third-order valence-electron chi connectivity index (χ3n) is 3.77. The molecule has 0 bridgehead atoms. The molecule has 0 fully saturated rings. The first kappa shape index (κ1) is 18.1. The molecule has 0 atom stereocenters. The number of allylic oxidation sites excluding steroid dienone is 2. The molecule has 132 valence electrons. The molecular formula is C14H12F6N2O2. The SMILES string of the molecule is NC1=CC(C(F)(F)F)(C(F)(F)F)C(c2ccccc2)=C(N)C1(O)O. The Hall–Kier alpha value is -2.20. The van der Waals surface area contributed by atoms with Gasteiger partial charge in [0.1, 0.15) is 0 Å². The molecule has 1 aliphatic rings. The average Bonchev–Trinajstić information content (AvgIpc) is 2.43. The zero-order chi connectivity index (χ0) is 18.6. The minimum atomic E-state index is -5.89. The van der Waals surface area contributed by atoms with Crippen LogP contribution in [0.15, 0.2) is 47.8 Å². The van der Waals surface area contributed by atoms with E-state index in [4.69, 9.17) is 11.5 Å². The van der Waals surface area contributed by atoms with Crippen LogP contribution in [0.1, 0.15) is 5.56 Å². The summed E-state index contributed by atoms with van der Waals surface area (Å²) in [4.78, 5) is 0. The highest BCUT2D eigenvalue weighted by atomic mass is 19.4. The van der Waals surface area contributed by atoms with Gasteiger partial charge in [-0.1, -0.05) is 30.3 Å². The Bertz CT molecular complexity index is 690. The summed E-state index contributed by atoms with van der Waals surface area (Å²) < 4.78 is 81.3. The fourth-order valence-corrected chi connectivity index (χ4v) is 2.54. The fourth-order valence-electron chi connectivity index (χ4n) is 2.54. The molecule has 0 saturated carbocycles. The lowest BCUT2D eigenvalue weighted by molar-refractivity contribution is -0.300. The Labute approximate surface area is 131 Å². The maximum Gasteiger partial charge on any atom is 0.410 e. The van der Waals surface area contributed by atoms with Gasteiger partial charge in [0.25, 0.3) is 0 Å². The van der Waals surface area contributed by atoms with Crippen LogP contribution in [-0.2, 0) is 0 Å². The minimum Gasteiger partial charge on any atom is -0.398 e. The Morgan fingerprint density at radius 2 is 1.29 bits per heavy atom. The summed E-state index contributed by atoms with van der Waals surface area (Å²) in [5, 5.41) is 19.5. The summed E-state index contributed by atoms with van der Waals surface area (Å²) in [6.07, 6.45) is -12.2. The van der Waals surface area contributed by atoms with Gasteiger partial charge >= 0.3 is 12.4 Å². The molecule has 10 heteroatoms. The van der Waals surface area contributed by atoms with Gasteiger partial charge in [-0.25, -0.2) is 0 Å². The van der Waals surface area contributed by atoms with Crippen LogP contribution >= 0.6 is 0 Å². The van der Waals surface area contributed by atoms with Gasteiger partial charge in [-0.05, 0) is 11.6 Å². The van der Waals surface area contributed by atoms with Crippen molar-refractivity contribution in [1.82, 2.24) is 0 Å². The lowest BCUT2D eigenvalue weighted by Gasteiger charge is -2.43. The molecule has 0 aliphatic heterocycles. The van der Waals surface area contributed by atoms with Crippen molar-refractivity contribution in [3.63, 3.8) is 0 Å². The third-order valence-corrected chi connectivity index (χ3v) is 3.77. The molecular weight excluding hydrogens is 342 g/mol. The summed E-state index contributed by atoms with van der Waals surface area (Å²) in [5.74, 6) is -3.34. The van der Waals surface area contributed by atoms with E-state index in [1.165, 1.54) is 18.2 Å². The van der Waals surface area contributed by atoms with Gasteiger partial charge in [-0.3, -0.25) is 0 Å². The molecule has 0 radical (unpaired) electrons.